The predicted octanol–water partition coefficient (Wildman–Crippen LogP) is 4.66. The fourth-order valence-corrected chi connectivity index (χ4v) is 4.55. The normalized spacial score (nSPS) is 18.0. The predicted molar refractivity (Wildman–Crippen MR) is 132 cm³/mol. The summed E-state index contributed by atoms with van der Waals surface area (Å²) in [6, 6.07) is 25.3. The second kappa shape index (κ2) is 10.1. The van der Waals surface area contributed by atoms with Crippen molar-refractivity contribution < 1.29 is 19.1 Å². The number of carbonyl (C=O) groups is 2. The van der Waals surface area contributed by atoms with E-state index in [1.807, 2.05) is 89.8 Å². The number of amides is 1. The number of carbonyl (C=O) groups excluding carboxylic acids is 2. The molecule has 2 aliphatic rings. The average Bonchev–Trinajstić information content (AvgIpc) is 3.28. The fraction of sp³-hybridized carbons (Fsp3) is 0.241. The molecule has 1 atom stereocenters. The van der Waals surface area contributed by atoms with Crippen LogP contribution in [0.1, 0.15) is 33.5 Å². The van der Waals surface area contributed by atoms with Gasteiger partial charge in [0.25, 0.3) is 5.91 Å². The zero-order valence-corrected chi connectivity index (χ0v) is 19.0. The van der Waals surface area contributed by atoms with Gasteiger partial charge in [0.2, 0.25) is 0 Å². The lowest BCUT2D eigenvalue weighted by atomic mass is 10.0. The molecule has 1 amide bonds. The maximum Gasteiger partial charge on any atom is 0.254 e. The molecule has 172 valence electrons. The number of Topliss-reactive ketones (excluding diaryl/α,β-unsaturated/α-hetero) is 1. The SMILES string of the molecule is O=C1CCc2c(OCC3CN(C(=O)/C(=C/c4ccccc4)c4ccccc4)CCO3)cccc21. The van der Waals surface area contributed by atoms with E-state index >= 15 is 0 Å². The third-order valence-corrected chi connectivity index (χ3v) is 6.31. The van der Waals surface area contributed by atoms with Crippen LogP contribution in [0.4, 0.5) is 0 Å². The van der Waals surface area contributed by atoms with Crippen LogP contribution in [-0.4, -0.2) is 49.0 Å². The standard InChI is InChI=1S/C29H27NO4/c31-27-15-14-25-24(27)12-7-13-28(25)34-20-23-19-30(16-17-33-23)29(32)26(22-10-5-2-6-11-22)18-21-8-3-1-4-9-21/h1-13,18,23H,14-17,19-20H2/b26-18+. The molecule has 5 rings (SSSR count). The first-order valence-corrected chi connectivity index (χ1v) is 11.7. The molecule has 1 fully saturated rings. The van der Waals surface area contributed by atoms with E-state index in [9.17, 15) is 9.59 Å². The summed E-state index contributed by atoms with van der Waals surface area (Å²) in [6.45, 7) is 1.77. The summed E-state index contributed by atoms with van der Waals surface area (Å²) in [6.07, 6.45) is 2.96. The van der Waals surface area contributed by atoms with Gasteiger partial charge in [0.05, 0.1) is 13.2 Å². The molecule has 5 heteroatoms. The number of ether oxygens (including phenoxy) is 2. The van der Waals surface area contributed by atoms with Gasteiger partial charge in [-0.3, -0.25) is 9.59 Å². The summed E-state index contributed by atoms with van der Waals surface area (Å²) in [5.74, 6) is 0.892. The molecule has 5 nitrogen and oxygen atoms in total. The van der Waals surface area contributed by atoms with E-state index in [1.54, 1.807) is 0 Å². The van der Waals surface area contributed by atoms with Crippen molar-refractivity contribution in [2.75, 3.05) is 26.3 Å². The number of morpholine rings is 1. The molecular weight excluding hydrogens is 426 g/mol. The number of hydrogen-bond donors (Lipinski definition) is 0. The van der Waals surface area contributed by atoms with E-state index in [1.165, 1.54) is 0 Å². The molecule has 1 unspecified atom stereocenters. The Labute approximate surface area is 199 Å². The molecule has 1 aliphatic heterocycles. The van der Waals surface area contributed by atoms with Gasteiger partial charge in [-0.25, -0.2) is 0 Å². The van der Waals surface area contributed by atoms with E-state index in [2.05, 4.69) is 0 Å². The van der Waals surface area contributed by atoms with Crippen LogP contribution in [0, 0.1) is 0 Å². The topological polar surface area (TPSA) is 55.8 Å². The molecule has 0 radical (unpaired) electrons. The summed E-state index contributed by atoms with van der Waals surface area (Å²) >= 11 is 0. The third-order valence-electron chi connectivity index (χ3n) is 6.31. The van der Waals surface area contributed by atoms with Crippen molar-refractivity contribution in [1.82, 2.24) is 4.90 Å². The summed E-state index contributed by atoms with van der Waals surface area (Å²) in [4.78, 5) is 27.5. The molecule has 0 N–H and O–H groups in total. The van der Waals surface area contributed by atoms with Crippen LogP contribution in [0.25, 0.3) is 11.6 Å². The highest BCUT2D eigenvalue weighted by atomic mass is 16.5. The van der Waals surface area contributed by atoms with Gasteiger partial charge in [-0.05, 0) is 29.7 Å². The van der Waals surface area contributed by atoms with Crippen molar-refractivity contribution in [2.24, 2.45) is 0 Å². The Morgan fingerprint density at radius 2 is 1.74 bits per heavy atom. The second-order valence-corrected chi connectivity index (χ2v) is 8.60. The number of fused-ring (bicyclic) bond motifs is 1. The van der Waals surface area contributed by atoms with Crippen LogP contribution in [-0.2, 0) is 16.0 Å². The van der Waals surface area contributed by atoms with E-state index < -0.39 is 0 Å². The Bertz CT molecular complexity index is 1200. The molecular formula is C29H27NO4. The number of ketones is 1. The van der Waals surface area contributed by atoms with E-state index in [0.29, 0.717) is 44.7 Å². The Morgan fingerprint density at radius 3 is 2.53 bits per heavy atom. The van der Waals surface area contributed by atoms with Gasteiger partial charge in [-0.15, -0.1) is 0 Å². The molecule has 0 saturated carbocycles. The van der Waals surface area contributed by atoms with Gasteiger partial charge in [0.15, 0.2) is 5.78 Å². The quantitative estimate of drug-likeness (QED) is 0.402. The molecule has 3 aromatic carbocycles. The van der Waals surface area contributed by atoms with Gasteiger partial charge in [-0.2, -0.15) is 0 Å². The highest BCUT2D eigenvalue weighted by Crippen LogP contribution is 2.31. The first-order valence-electron chi connectivity index (χ1n) is 11.7. The molecule has 34 heavy (non-hydrogen) atoms. The molecule has 1 saturated heterocycles. The van der Waals surface area contributed by atoms with Crippen molar-refractivity contribution in [3.8, 4) is 5.75 Å². The average molecular weight is 454 g/mol. The third kappa shape index (κ3) is 4.80. The van der Waals surface area contributed by atoms with Gasteiger partial charge in [0.1, 0.15) is 18.5 Å². The fourth-order valence-electron chi connectivity index (χ4n) is 4.55. The Kier molecular flexibility index (Phi) is 6.54. The zero-order chi connectivity index (χ0) is 23.3. The molecule has 0 bridgehead atoms. The first kappa shape index (κ1) is 22.1. The largest absolute Gasteiger partial charge is 0.491 e. The smallest absolute Gasteiger partial charge is 0.254 e. The van der Waals surface area contributed by atoms with Gasteiger partial charge >= 0.3 is 0 Å². The maximum atomic E-state index is 13.6. The maximum absolute atomic E-state index is 13.6. The minimum atomic E-state index is -0.237. The minimum absolute atomic E-state index is 0.0189. The lowest BCUT2D eigenvalue weighted by molar-refractivity contribution is -0.133. The zero-order valence-electron chi connectivity index (χ0n) is 19.0. The van der Waals surface area contributed by atoms with E-state index in [0.717, 1.165) is 28.0 Å². The van der Waals surface area contributed by atoms with Crippen LogP contribution >= 0.6 is 0 Å². The highest BCUT2D eigenvalue weighted by molar-refractivity contribution is 6.24. The Balaban J connectivity index is 1.31. The van der Waals surface area contributed by atoms with Crippen LogP contribution in [0.3, 0.4) is 0 Å². The van der Waals surface area contributed by atoms with Crippen LogP contribution in [0.2, 0.25) is 0 Å². The van der Waals surface area contributed by atoms with E-state index in [4.69, 9.17) is 9.47 Å². The van der Waals surface area contributed by atoms with Crippen molar-refractivity contribution in [3.63, 3.8) is 0 Å². The van der Waals surface area contributed by atoms with Crippen molar-refractivity contribution in [1.29, 1.82) is 0 Å². The summed E-state index contributed by atoms with van der Waals surface area (Å²) in [5.41, 5.74) is 4.27. The number of rotatable bonds is 6. The second-order valence-electron chi connectivity index (χ2n) is 8.60. The monoisotopic (exact) mass is 453 g/mol. The number of benzene rings is 3. The summed E-state index contributed by atoms with van der Waals surface area (Å²) in [5, 5.41) is 0. The van der Waals surface area contributed by atoms with Gasteiger partial charge in [0, 0.05) is 29.7 Å². The van der Waals surface area contributed by atoms with Crippen LogP contribution in [0.5, 0.6) is 5.75 Å². The Hall–Kier alpha value is -3.70. The molecule has 1 aliphatic carbocycles. The van der Waals surface area contributed by atoms with Crippen LogP contribution < -0.4 is 4.74 Å². The summed E-state index contributed by atoms with van der Waals surface area (Å²) < 4.78 is 12.0. The summed E-state index contributed by atoms with van der Waals surface area (Å²) in [7, 11) is 0. The first-order chi connectivity index (χ1) is 16.7. The van der Waals surface area contributed by atoms with Gasteiger partial charge < -0.3 is 14.4 Å². The van der Waals surface area contributed by atoms with Crippen molar-refractivity contribution in [3.05, 3.63) is 101 Å². The van der Waals surface area contributed by atoms with E-state index in [-0.39, 0.29) is 17.8 Å². The minimum Gasteiger partial charge on any atom is -0.491 e. The molecule has 0 aromatic heterocycles. The number of hydrogen-bond acceptors (Lipinski definition) is 4. The molecule has 3 aromatic rings. The lowest BCUT2D eigenvalue weighted by Gasteiger charge is -2.33. The lowest BCUT2D eigenvalue weighted by Crippen LogP contribution is -2.47. The van der Waals surface area contributed by atoms with Crippen molar-refractivity contribution >= 4 is 23.3 Å². The van der Waals surface area contributed by atoms with Gasteiger partial charge in [-0.1, -0.05) is 72.8 Å². The molecule has 1 heterocycles. The molecule has 0 spiro atoms. The van der Waals surface area contributed by atoms with Crippen molar-refractivity contribution in [2.45, 2.75) is 18.9 Å². The highest BCUT2D eigenvalue weighted by Gasteiger charge is 2.28. The number of nitrogens with zero attached hydrogens (tertiary/aromatic N) is 1. The van der Waals surface area contributed by atoms with Crippen LogP contribution in [0.15, 0.2) is 78.9 Å². The Morgan fingerprint density at radius 1 is 0.971 bits per heavy atom.